The predicted molar refractivity (Wildman–Crippen MR) is 86.6 cm³/mol. The summed E-state index contributed by atoms with van der Waals surface area (Å²) in [5.74, 6) is 0. The number of rotatable bonds is 5. The van der Waals surface area contributed by atoms with E-state index in [0.29, 0.717) is 11.5 Å². The minimum absolute atomic E-state index is 0. The first-order valence-electron chi connectivity index (χ1n) is 7.87. The van der Waals surface area contributed by atoms with E-state index >= 15 is 0 Å². The van der Waals surface area contributed by atoms with Gasteiger partial charge in [0.05, 0.1) is 6.10 Å². The smallest absolute Gasteiger partial charge is 0.0639 e. The van der Waals surface area contributed by atoms with Crippen molar-refractivity contribution < 1.29 is 5.11 Å². The maximum atomic E-state index is 9.59. The highest BCUT2D eigenvalue weighted by molar-refractivity contribution is 5.85. The molecule has 0 amide bonds. The van der Waals surface area contributed by atoms with Crippen LogP contribution in [0.25, 0.3) is 0 Å². The Morgan fingerprint density at radius 3 is 2.70 bits per heavy atom. The van der Waals surface area contributed by atoms with Crippen LogP contribution in [0.5, 0.6) is 0 Å². The number of nitrogens with one attached hydrogen (secondary N) is 1. The number of aliphatic hydroxyl groups excluding tert-OH is 1. The van der Waals surface area contributed by atoms with Gasteiger partial charge in [0.15, 0.2) is 0 Å². The molecule has 0 spiro atoms. The van der Waals surface area contributed by atoms with E-state index < -0.39 is 0 Å². The second kappa shape index (κ2) is 7.95. The summed E-state index contributed by atoms with van der Waals surface area (Å²) < 4.78 is 0. The molecule has 0 aromatic rings. The van der Waals surface area contributed by atoms with Gasteiger partial charge in [0.25, 0.3) is 0 Å². The van der Waals surface area contributed by atoms with Crippen LogP contribution >= 0.6 is 12.4 Å². The number of piperazine rings is 1. The molecule has 5 heteroatoms. The molecular weight excluding hydrogens is 274 g/mol. The summed E-state index contributed by atoms with van der Waals surface area (Å²) in [4.78, 5) is 5.11. The Labute approximate surface area is 130 Å². The molecule has 4 nitrogen and oxygen atoms in total. The monoisotopic (exact) mass is 305 g/mol. The van der Waals surface area contributed by atoms with Crippen LogP contribution in [0.4, 0.5) is 0 Å². The normalized spacial score (nSPS) is 33.9. The van der Waals surface area contributed by atoms with Crippen LogP contribution in [-0.2, 0) is 0 Å². The summed E-state index contributed by atoms with van der Waals surface area (Å²) in [5, 5.41) is 13.1. The molecule has 3 unspecified atom stereocenters. The number of hydrogen-bond donors (Lipinski definition) is 2. The second-order valence-electron chi connectivity index (χ2n) is 6.88. The zero-order valence-corrected chi connectivity index (χ0v) is 14.1. The predicted octanol–water partition coefficient (Wildman–Crippen LogP) is 1.18. The molecule has 120 valence electrons. The Balaban J connectivity index is 0.00000200. The van der Waals surface area contributed by atoms with Crippen molar-refractivity contribution in [3.63, 3.8) is 0 Å². The van der Waals surface area contributed by atoms with Crippen molar-refractivity contribution in [2.45, 2.75) is 45.8 Å². The van der Waals surface area contributed by atoms with E-state index in [2.05, 4.69) is 29.0 Å². The van der Waals surface area contributed by atoms with Gasteiger partial charge in [0, 0.05) is 45.3 Å². The SMILES string of the molecule is CCC1CN(CC2(C)CCNC2)CCN1CC(C)O.Cl. The number of aliphatic hydroxyl groups is 1. The van der Waals surface area contributed by atoms with Gasteiger partial charge >= 0.3 is 0 Å². The molecule has 0 radical (unpaired) electrons. The number of halogens is 1. The molecule has 2 fully saturated rings. The standard InChI is InChI=1S/C15H31N3O.ClH/c1-4-14-10-17(7-8-18(14)9-13(2)19)12-15(3)5-6-16-11-15;/h13-14,16,19H,4-12H2,1-3H3;1H. The lowest BCUT2D eigenvalue weighted by atomic mass is 9.88. The third-order valence-corrected chi connectivity index (χ3v) is 4.72. The third-order valence-electron chi connectivity index (χ3n) is 4.72. The summed E-state index contributed by atoms with van der Waals surface area (Å²) >= 11 is 0. The van der Waals surface area contributed by atoms with Gasteiger partial charge < -0.3 is 10.4 Å². The lowest BCUT2D eigenvalue weighted by Crippen LogP contribution is -2.56. The molecule has 0 saturated carbocycles. The second-order valence-corrected chi connectivity index (χ2v) is 6.88. The zero-order valence-electron chi connectivity index (χ0n) is 13.3. The Morgan fingerprint density at radius 1 is 1.40 bits per heavy atom. The number of β-amino-alcohol motifs (C(OH)–C–C–N with tert-alkyl or cyclic N) is 1. The Kier molecular flexibility index (Phi) is 7.22. The summed E-state index contributed by atoms with van der Waals surface area (Å²) in [7, 11) is 0. The largest absolute Gasteiger partial charge is 0.392 e. The van der Waals surface area contributed by atoms with Crippen molar-refractivity contribution in [1.82, 2.24) is 15.1 Å². The topological polar surface area (TPSA) is 38.7 Å². The Morgan fingerprint density at radius 2 is 2.15 bits per heavy atom. The van der Waals surface area contributed by atoms with Crippen molar-refractivity contribution in [1.29, 1.82) is 0 Å². The maximum Gasteiger partial charge on any atom is 0.0639 e. The van der Waals surface area contributed by atoms with Crippen LogP contribution in [0, 0.1) is 5.41 Å². The molecule has 2 aliphatic heterocycles. The molecule has 2 heterocycles. The van der Waals surface area contributed by atoms with E-state index in [1.165, 1.54) is 32.5 Å². The van der Waals surface area contributed by atoms with Crippen molar-refractivity contribution in [2.24, 2.45) is 5.41 Å². The first-order chi connectivity index (χ1) is 9.02. The minimum Gasteiger partial charge on any atom is -0.392 e. The van der Waals surface area contributed by atoms with Crippen molar-refractivity contribution in [3.8, 4) is 0 Å². The summed E-state index contributed by atoms with van der Waals surface area (Å²) in [6.07, 6.45) is 2.27. The minimum atomic E-state index is -0.211. The van der Waals surface area contributed by atoms with Gasteiger partial charge in [-0.15, -0.1) is 12.4 Å². The molecule has 2 aliphatic rings. The lowest BCUT2D eigenvalue weighted by Gasteiger charge is -2.44. The van der Waals surface area contributed by atoms with Crippen molar-refractivity contribution in [3.05, 3.63) is 0 Å². The van der Waals surface area contributed by atoms with Crippen molar-refractivity contribution in [2.75, 3.05) is 45.8 Å². The maximum absolute atomic E-state index is 9.59. The van der Waals surface area contributed by atoms with Crippen LogP contribution in [0.1, 0.15) is 33.6 Å². The molecule has 0 aromatic carbocycles. The van der Waals surface area contributed by atoms with E-state index in [1.807, 2.05) is 6.92 Å². The van der Waals surface area contributed by atoms with Crippen LogP contribution in [0.3, 0.4) is 0 Å². The fourth-order valence-electron chi connectivity index (χ4n) is 3.61. The highest BCUT2D eigenvalue weighted by Crippen LogP contribution is 2.27. The third kappa shape index (κ3) is 4.85. The van der Waals surface area contributed by atoms with Gasteiger partial charge in [-0.1, -0.05) is 13.8 Å². The highest BCUT2D eigenvalue weighted by Gasteiger charge is 2.34. The first-order valence-corrected chi connectivity index (χ1v) is 7.87. The van der Waals surface area contributed by atoms with Crippen LogP contribution in [-0.4, -0.2) is 72.9 Å². The van der Waals surface area contributed by atoms with E-state index in [-0.39, 0.29) is 18.5 Å². The average Bonchev–Trinajstić information content (AvgIpc) is 2.77. The van der Waals surface area contributed by atoms with Crippen LogP contribution in [0.15, 0.2) is 0 Å². The number of hydrogen-bond acceptors (Lipinski definition) is 4. The molecule has 2 saturated heterocycles. The Bertz CT molecular complexity index is 282. The highest BCUT2D eigenvalue weighted by atomic mass is 35.5. The number of nitrogens with zero attached hydrogens (tertiary/aromatic N) is 2. The van der Waals surface area contributed by atoms with Gasteiger partial charge in [-0.25, -0.2) is 0 Å². The molecule has 20 heavy (non-hydrogen) atoms. The van der Waals surface area contributed by atoms with E-state index in [4.69, 9.17) is 0 Å². The Hall–Kier alpha value is 0.130. The van der Waals surface area contributed by atoms with Gasteiger partial charge in [-0.3, -0.25) is 9.80 Å². The van der Waals surface area contributed by atoms with Gasteiger partial charge in [0.1, 0.15) is 0 Å². The van der Waals surface area contributed by atoms with Crippen LogP contribution in [0.2, 0.25) is 0 Å². The fraction of sp³-hybridized carbons (Fsp3) is 1.00. The summed E-state index contributed by atoms with van der Waals surface area (Å²) in [5.41, 5.74) is 0.463. The van der Waals surface area contributed by atoms with E-state index in [9.17, 15) is 5.11 Å². The molecule has 0 bridgehead atoms. The van der Waals surface area contributed by atoms with Crippen LogP contribution < -0.4 is 5.32 Å². The van der Waals surface area contributed by atoms with Gasteiger partial charge in [-0.05, 0) is 31.7 Å². The quantitative estimate of drug-likeness (QED) is 0.800. The first kappa shape index (κ1) is 18.2. The molecule has 2 rings (SSSR count). The summed E-state index contributed by atoms with van der Waals surface area (Å²) in [6.45, 7) is 14.4. The lowest BCUT2D eigenvalue weighted by molar-refractivity contribution is 0.0234. The molecule has 0 aliphatic carbocycles. The van der Waals surface area contributed by atoms with E-state index in [0.717, 1.165) is 26.2 Å². The molecule has 0 aromatic heterocycles. The van der Waals surface area contributed by atoms with Crippen molar-refractivity contribution >= 4 is 12.4 Å². The van der Waals surface area contributed by atoms with Gasteiger partial charge in [-0.2, -0.15) is 0 Å². The average molecular weight is 306 g/mol. The molecule has 3 atom stereocenters. The molecular formula is C15H32ClN3O. The molecule has 2 N–H and O–H groups in total. The van der Waals surface area contributed by atoms with Gasteiger partial charge in [0.2, 0.25) is 0 Å². The fourth-order valence-corrected chi connectivity index (χ4v) is 3.61. The van der Waals surface area contributed by atoms with E-state index in [1.54, 1.807) is 0 Å². The summed E-state index contributed by atoms with van der Waals surface area (Å²) in [6, 6.07) is 0.612. The zero-order chi connectivity index (χ0) is 13.9.